The van der Waals surface area contributed by atoms with Gasteiger partial charge in [0.05, 0.1) is 4.90 Å². The molecule has 1 N–H and O–H groups in total. The summed E-state index contributed by atoms with van der Waals surface area (Å²) in [5, 5.41) is 0. The molecule has 2 aromatic carbocycles. The number of amides is 1. The zero-order valence-corrected chi connectivity index (χ0v) is 15.7. The van der Waals surface area contributed by atoms with Crippen molar-refractivity contribution in [3.8, 4) is 0 Å². The smallest absolute Gasteiger partial charge is 0.253 e. The molecule has 0 spiro atoms. The van der Waals surface area contributed by atoms with Crippen LogP contribution in [0.25, 0.3) is 0 Å². The van der Waals surface area contributed by atoms with Crippen LogP contribution in [-0.4, -0.2) is 38.9 Å². The molecule has 0 atom stereocenters. The molecule has 5 nitrogen and oxygen atoms in total. The Balaban J connectivity index is 2.10. The Labute approximate surface area is 153 Å². The highest BCUT2D eigenvalue weighted by atomic mass is 32.2. The van der Waals surface area contributed by atoms with Crippen molar-refractivity contribution in [2.45, 2.75) is 25.2 Å². The zero-order valence-electron chi connectivity index (χ0n) is 14.9. The summed E-state index contributed by atoms with van der Waals surface area (Å²) in [6, 6.07) is 12.2. The zero-order chi connectivity index (χ0) is 19.2. The Morgan fingerprint density at radius 1 is 1.08 bits per heavy atom. The van der Waals surface area contributed by atoms with Gasteiger partial charge in [-0.1, -0.05) is 24.3 Å². The van der Waals surface area contributed by atoms with Crippen molar-refractivity contribution >= 4 is 15.9 Å². The molecule has 0 aliphatic carbocycles. The number of carbonyl (C=O) groups excluding carboxylic acids is 1. The fourth-order valence-corrected chi connectivity index (χ4v) is 3.67. The molecular formula is C19H23FN2O3S. The largest absolute Gasteiger partial charge is 0.339 e. The normalized spacial score (nSPS) is 11.3. The van der Waals surface area contributed by atoms with Gasteiger partial charge >= 0.3 is 0 Å². The molecule has 2 aromatic rings. The first kappa shape index (κ1) is 20.1. The molecule has 7 heteroatoms. The molecule has 2 rings (SSSR count). The first-order valence-electron chi connectivity index (χ1n) is 8.51. The number of benzene rings is 2. The number of halogens is 1. The van der Waals surface area contributed by atoms with E-state index in [1.807, 2.05) is 13.8 Å². The summed E-state index contributed by atoms with van der Waals surface area (Å²) in [6.45, 7) is 4.90. The molecule has 0 fully saturated rings. The minimum atomic E-state index is -3.78. The maximum atomic E-state index is 13.6. The van der Waals surface area contributed by atoms with Gasteiger partial charge in [0.15, 0.2) is 0 Å². The molecule has 140 valence electrons. The predicted molar refractivity (Wildman–Crippen MR) is 99.0 cm³/mol. The predicted octanol–water partition coefficient (Wildman–Crippen LogP) is 2.83. The van der Waals surface area contributed by atoms with Crippen LogP contribution >= 0.6 is 0 Å². The second-order valence-electron chi connectivity index (χ2n) is 5.74. The third-order valence-corrected chi connectivity index (χ3v) is 5.54. The molecule has 0 aliphatic heterocycles. The van der Waals surface area contributed by atoms with Crippen molar-refractivity contribution in [3.63, 3.8) is 0 Å². The summed E-state index contributed by atoms with van der Waals surface area (Å²) in [5.41, 5.74) is 0.770. The lowest BCUT2D eigenvalue weighted by molar-refractivity contribution is 0.0772. The maximum Gasteiger partial charge on any atom is 0.253 e. The van der Waals surface area contributed by atoms with Crippen LogP contribution in [0, 0.1) is 5.82 Å². The lowest BCUT2D eigenvalue weighted by Crippen LogP contribution is -2.31. The number of hydrogen-bond acceptors (Lipinski definition) is 3. The van der Waals surface area contributed by atoms with Crippen molar-refractivity contribution in [2.75, 3.05) is 19.6 Å². The van der Waals surface area contributed by atoms with E-state index in [2.05, 4.69) is 4.72 Å². The number of rotatable bonds is 8. The van der Waals surface area contributed by atoms with Crippen LogP contribution in [0.1, 0.15) is 29.8 Å². The highest BCUT2D eigenvalue weighted by Crippen LogP contribution is 2.14. The summed E-state index contributed by atoms with van der Waals surface area (Å²) in [4.78, 5) is 14.0. The molecule has 0 aliphatic rings. The van der Waals surface area contributed by atoms with Crippen molar-refractivity contribution in [1.29, 1.82) is 0 Å². The first-order valence-corrected chi connectivity index (χ1v) is 9.99. The van der Waals surface area contributed by atoms with Gasteiger partial charge in [-0.2, -0.15) is 0 Å². The van der Waals surface area contributed by atoms with Gasteiger partial charge in [-0.15, -0.1) is 0 Å². The molecule has 0 unspecified atom stereocenters. The Bertz CT molecular complexity index is 865. The highest BCUT2D eigenvalue weighted by molar-refractivity contribution is 7.89. The topological polar surface area (TPSA) is 66.5 Å². The summed E-state index contributed by atoms with van der Waals surface area (Å²) in [6.07, 6.45) is 0.240. The molecule has 0 heterocycles. The van der Waals surface area contributed by atoms with E-state index in [1.165, 1.54) is 18.2 Å². The number of carbonyl (C=O) groups is 1. The van der Waals surface area contributed by atoms with E-state index in [4.69, 9.17) is 0 Å². The van der Waals surface area contributed by atoms with Crippen LogP contribution in [0.4, 0.5) is 4.39 Å². The minimum absolute atomic E-state index is 0.0176. The van der Waals surface area contributed by atoms with E-state index >= 15 is 0 Å². The Kier molecular flexibility index (Phi) is 6.88. The van der Waals surface area contributed by atoms with Crippen LogP contribution < -0.4 is 4.72 Å². The first-order chi connectivity index (χ1) is 12.4. The monoisotopic (exact) mass is 378 g/mol. The van der Waals surface area contributed by atoms with E-state index in [0.29, 0.717) is 24.2 Å². The summed E-state index contributed by atoms with van der Waals surface area (Å²) < 4.78 is 41.0. The molecular weight excluding hydrogens is 355 g/mol. The molecule has 0 radical (unpaired) electrons. The SMILES string of the molecule is CCN(CC)C(=O)c1cccc(S(=O)(=O)NCCc2ccccc2F)c1. The van der Waals surface area contributed by atoms with E-state index in [0.717, 1.165) is 0 Å². The second kappa shape index (κ2) is 8.91. The molecule has 0 saturated heterocycles. The van der Waals surface area contributed by atoms with E-state index in [-0.39, 0.29) is 29.6 Å². The fourth-order valence-electron chi connectivity index (χ4n) is 2.59. The fraction of sp³-hybridized carbons (Fsp3) is 0.316. The highest BCUT2D eigenvalue weighted by Gasteiger charge is 2.18. The molecule has 1 amide bonds. The van der Waals surface area contributed by atoms with Crippen LogP contribution in [0.5, 0.6) is 0 Å². The standard InChI is InChI=1S/C19H23FN2O3S/c1-3-22(4-2)19(23)16-9-7-10-17(14-16)26(24,25)21-13-12-15-8-5-6-11-18(15)20/h5-11,14,21H,3-4,12-13H2,1-2H3. The number of nitrogens with zero attached hydrogens (tertiary/aromatic N) is 1. The lowest BCUT2D eigenvalue weighted by atomic mass is 10.1. The third kappa shape index (κ3) is 4.89. The number of nitrogens with one attached hydrogen (secondary N) is 1. The minimum Gasteiger partial charge on any atom is -0.339 e. The van der Waals surface area contributed by atoms with Gasteiger partial charge in [0.25, 0.3) is 5.91 Å². The maximum absolute atomic E-state index is 13.6. The number of sulfonamides is 1. The molecule has 0 aromatic heterocycles. The average molecular weight is 378 g/mol. The summed E-state index contributed by atoms with van der Waals surface area (Å²) in [5.74, 6) is -0.572. The van der Waals surface area contributed by atoms with Gasteiger partial charge in [-0.3, -0.25) is 4.79 Å². The van der Waals surface area contributed by atoms with Crippen molar-refractivity contribution < 1.29 is 17.6 Å². The van der Waals surface area contributed by atoms with Crippen LogP contribution in [0.15, 0.2) is 53.4 Å². The third-order valence-electron chi connectivity index (χ3n) is 4.09. The van der Waals surface area contributed by atoms with E-state index < -0.39 is 10.0 Å². The van der Waals surface area contributed by atoms with Crippen LogP contribution in [-0.2, 0) is 16.4 Å². The van der Waals surface area contributed by atoms with E-state index in [9.17, 15) is 17.6 Å². The van der Waals surface area contributed by atoms with Gasteiger partial charge in [-0.25, -0.2) is 17.5 Å². The van der Waals surface area contributed by atoms with Gasteiger partial charge in [0.2, 0.25) is 10.0 Å². The Morgan fingerprint density at radius 3 is 2.42 bits per heavy atom. The van der Waals surface area contributed by atoms with Crippen molar-refractivity contribution in [3.05, 3.63) is 65.5 Å². The Morgan fingerprint density at radius 2 is 1.77 bits per heavy atom. The second-order valence-corrected chi connectivity index (χ2v) is 7.51. The number of hydrogen-bond donors (Lipinski definition) is 1. The van der Waals surface area contributed by atoms with Gasteiger partial charge in [-0.05, 0) is 50.1 Å². The Hall–Kier alpha value is -2.25. The van der Waals surface area contributed by atoms with E-state index in [1.54, 1.807) is 35.2 Å². The summed E-state index contributed by atoms with van der Waals surface area (Å²) in [7, 11) is -3.78. The van der Waals surface area contributed by atoms with Crippen LogP contribution in [0.3, 0.4) is 0 Å². The molecule has 0 saturated carbocycles. The lowest BCUT2D eigenvalue weighted by Gasteiger charge is -2.19. The van der Waals surface area contributed by atoms with Crippen molar-refractivity contribution in [2.24, 2.45) is 0 Å². The average Bonchev–Trinajstić information content (AvgIpc) is 2.64. The quantitative estimate of drug-likeness (QED) is 0.768. The van der Waals surface area contributed by atoms with Crippen LogP contribution in [0.2, 0.25) is 0 Å². The van der Waals surface area contributed by atoms with Crippen molar-refractivity contribution in [1.82, 2.24) is 9.62 Å². The molecule has 0 bridgehead atoms. The molecule has 26 heavy (non-hydrogen) atoms. The van der Waals surface area contributed by atoms with Gasteiger partial charge < -0.3 is 4.90 Å². The summed E-state index contributed by atoms with van der Waals surface area (Å²) >= 11 is 0. The van der Waals surface area contributed by atoms with Gasteiger partial charge in [0.1, 0.15) is 5.82 Å². The van der Waals surface area contributed by atoms with Gasteiger partial charge in [0, 0.05) is 25.2 Å².